The molecule has 0 bridgehead atoms. The van der Waals surface area contributed by atoms with Crippen LogP contribution in [0.15, 0.2) is 36.4 Å². The number of amides is 1. The molecule has 5 rings (SSSR count). The normalized spacial score (nSPS) is 32.1. The van der Waals surface area contributed by atoms with Crippen molar-refractivity contribution in [2.45, 2.75) is 36.8 Å². The standard InChI is InChI=1S/C31H29F3N2O8/c1-12-16-11-8-14(7-4-13-5-9-15(10-6-13)31(32,33)34)23(37)18(16)24(38)19-17(12)25(39)21-22(36(2)3)26(40)20(29(35)43)28(42)30(21,44)27(19)41/h4-12,17,19-22,25,37,39,44H,1-3H3,(H2,35,43)/t12-,17+,19?,20?,21+,22-,25-,30-/m0/s1. The Kier molecular flexibility index (Phi) is 7.43. The molecule has 0 aliphatic heterocycles. The number of hydrogen-bond donors (Lipinski definition) is 4. The molecular weight excluding hydrogens is 585 g/mol. The molecule has 8 atom stereocenters. The Morgan fingerprint density at radius 2 is 1.61 bits per heavy atom. The second kappa shape index (κ2) is 10.5. The lowest BCUT2D eigenvalue weighted by molar-refractivity contribution is -0.196. The minimum atomic E-state index is -4.52. The SMILES string of the molecule is C[C@H]1c2ccc(C=Cc3ccc(C(F)(F)F)cc3)c(O)c2C(=O)C2C(=O)[C@]3(O)C(=O)C(C(N)=O)C(=O)[C@@H](N(C)C)[C@@H]3[C@@H](O)[C@@H]21. The van der Waals surface area contributed by atoms with Gasteiger partial charge in [-0.2, -0.15) is 13.2 Å². The van der Waals surface area contributed by atoms with Crippen LogP contribution < -0.4 is 5.73 Å². The molecule has 0 heterocycles. The molecule has 2 fully saturated rings. The number of halogens is 3. The monoisotopic (exact) mass is 614 g/mol. The number of alkyl halides is 3. The number of rotatable bonds is 4. The zero-order chi connectivity index (χ0) is 32.6. The summed E-state index contributed by atoms with van der Waals surface area (Å²) < 4.78 is 38.7. The lowest BCUT2D eigenvalue weighted by Crippen LogP contribution is -2.77. The Bertz CT molecular complexity index is 1630. The van der Waals surface area contributed by atoms with Crippen molar-refractivity contribution < 1.29 is 52.5 Å². The van der Waals surface area contributed by atoms with E-state index in [2.05, 4.69) is 0 Å². The molecule has 0 spiro atoms. The fourth-order valence-corrected chi connectivity index (χ4v) is 7.11. The molecule has 44 heavy (non-hydrogen) atoms. The fraction of sp³-hybridized carbons (Fsp3) is 0.387. The van der Waals surface area contributed by atoms with Crippen molar-refractivity contribution in [1.82, 2.24) is 4.90 Å². The number of carbonyl (C=O) groups excluding carboxylic acids is 5. The Hall–Kier alpha value is -4.20. The summed E-state index contributed by atoms with van der Waals surface area (Å²) in [6.45, 7) is 1.59. The van der Waals surface area contributed by atoms with Crippen LogP contribution in [0.2, 0.25) is 0 Å². The fourth-order valence-electron chi connectivity index (χ4n) is 7.11. The number of primary amides is 1. The molecule has 0 saturated heterocycles. The van der Waals surface area contributed by atoms with E-state index >= 15 is 0 Å². The maximum atomic E-state index is 14.0. The predicted molar refractivity (Wildman–Crippen MR) is 148 cm³/mol. The number of phenols is 1. The van der Waals surface area contributed by atoms with E-state index in [1.807, 2.05) is 0 Å². The van der Waals surface area contributed by atoms with E-state index in [1.54, 1.807) is 6.92 Å². The van der Waals surface area contributed by atoms with Crippen molar-refractivity contribution in [2.24, 2.45) is 29.4 Å². The molecule has 3 aliphatic carbocycles. The number of aromatic hydroxyl groups is 1. The average Bonchev–Trinajstić information content (AvgIpc) is 2.93. The van der Waals surface area contributed by atoms with E-state index in [1.165, 1.54) is 55.4 Å². The van der Waals surface area contributed by atoms with Gasteiger partial charge >= 0.3 is 6.18 Å². The Balaban J connectivity index is 1.58. The summed E-state index contributed by atoms with van der Waals surface area (Å²) in [5.41, 5.74) is 1.79. The minimum Gasteiger partial charge on any atom is -0.507 e. The summed E-state index contributed by atoms with van der Waals surface area (Å²) in [7, 11) is 2.81. The molecule has 2 saturated carbocycles. The van der Waals surface area contributed by atoms with Gasteiger partial charge in [0.15, 0.2) is 34.7 Å². The summed E-state index contributed by atoms with van der Waals surface area (Å²) >= 11 is 0. The van der Waals surface area contributed by atoms with Crippen molar-refractivity contribution in [1.29, 1.82) is 0 Å². The second-order valence-electron chi connectivity index (χ2n) is 11.8. The van der Waals surface area contributed by atoms with Gasteiger partial charge in [0.1, 0.15) is 5.75 Å². The molecule has 5 N–H and O–H groups in total. The first-order chi connectivity index (χ1) is 20.4. The van der Waals surface area contributed by atoms with Gasteiger partial charge in [-0.05, 0) is 43.3 Å². The molecule has 232 valence electrons. The van der Waals surface area contributed by atoms with Crippen LogP contribution >= 0.6 is 0 Å². The number of carbonyl (C=O) groups is 5. The van der Waals surface area contributed by atoms with Crippen molar-refractivity contribution in [3.63, 3.8) is 0 Å². The van der Waals surface area contributed by atoms with E-state index < -0.39 is 93.9 Å². The van der Waals surface area contributed by atoms with Crippen LogP contribution in [0.3, 0.4) is 0 Å². The van der Waals surface area contributed by atoms with Gasteiger partial charge in [0.25, 0.3) is 0 Å². The van der Waals surface area contributed by atoms with Gasteiger partial charge in [-0.25, -0.2) is 0 Å². The predicted octanol–water partition coefficient (Wildman–Crippen LogP) is 1.59. The molecule has 2 aromatic rings. The number of Topliss-reactive ketones (excluding diaryl/α,β-unsaturated/α-hetero) is 4. The third-order valence-corrected chi connectivity index (χ3v) is 9.21. The number of nitrogens with two attached hydrogens (primary N) is 1. The zero-order valence-corrected chi connectivity index (χ0v) is 23.7. The maximum absolute atomic E-state index is 14.0. The van der Waals surface area contributed by atoms with Crippen LogP contribution in [-0.4, -0.2) is 81.1 Å². The van der Waals surface area contributed by atoms with Gasteiger partial charge in [-0.1, -0.05) is 43.3 Å². The number of aliphatic hydroxyl groups excluding tert-OH is 1. The van der Waals surface area contributed by atoms with Gasteiger partial charge in [0.05, 0.1) is 35.1 Å². The van der Waals surface area contributed by atoms with Crippen molar-refractivity contribution >= 4 is 41.2 Å². The third kappa shape index (κ3) is 4.41. The first-order valence-electron chi connectivity index (χ1n) is 13.7. The number of phenolic OH excluding ortho intramolecular Hbond substituents is 1. The molecule has 3 aliphatic rings. The number of hydrogen-bond acceptors (Lipinski definition) is 9. The summed E-state index contributed by atoms with van der Waals surface area (Å²) in [4.78, 5) is 68.0. The number of benzene rings is 2. The van der Waals surface area contributed by atoms with Crippen molar-refractivity contribution in [3.05, 3.63) is 64.2 Å². The van der Waals surface area contributed by atoms with Crippen LogP contribution in [0.25, 0.3) is 12.2 Å². The van der Waals surface area contributed by atoms with Gasteiger partial charge in [-0.15, -0.1) is 0 Å². The van der Waals surface area contributed by atoms with E-state index in [-0.39, 0.29) is 16.7 Å². The van der Waals surface area contributed by atoms with Crippen LogP contribution in [-0.2, 0) is 25.4 Å². The molecular formula is C31H29F3N2O8. The Labute approximate surface area is 249 Å². The molecule has 2 unspecified atom stereocenters. The third-order valence-electron chi connectivity index (χ3n) is 9.21. The number of fused-ring (bicyclic) bond motifs is 3. The topological polar surface area (TPSA) is 175 Å². The highest BCUT2D eigenvalue weighted by Crippen LogP contribution is 2.54. The van der Waals surface area contributed by atoms with E-state index in [4.69, 9.17) is 5.73 Å². The second-order valence-corrected chi connectivity index (χ2v) is 11.8. The highest BCUT2D eigenvalue weighted by atomic mass is 19.4. The molecule has 13 heteroatoms. The number of ketones is 4. The van der Waals surface area contributed by atoms with Crippen LogP contribution in [0.4, 0.5) is 13.2 Å². The molecule has 2 aromatic carbocycles. The number of nitrogens with zero attached hydrogens (tertiary/aromatic N) is 1. The highest BCUT2D eigenvalue weighted by molar-refractivity contribution is 6.32. The average molecular weight is 615 g/mol. The largest absolute Gasteiger partial charge is 0.507 e. The molecule has 0 aromatic heterocycles. The summed E-state index contributed by atoms with van der Waals surface area (Å²) in [5, 5.41) is 34.5. The lowest BCUT2D eigenvalue weighted by atomic mass is 9.49. The maximum Gasteiger partial charge on any atom is 0.416 e. The van der Waals surface area contributed by atoms with Crippen LogP contribution in [0, 0.1) is 23.7 Å². The van der Waals surface area contributed by atoms with Crippen molar-refractivity contribution in [3.8, 4) is 5.75 Å². The summed E-state index contributed by atoms with van der Waals surface area (Å²) in [6.07, 6.45) is -3.49. The number of aliphatic hydroxyl groups is 2. The first-order valence-corrected chi connectivity index (χ1v) is 13.7. The molecule has 10 nitrogen and oxygen atoms in total. The minimum absolute atomic E-state index is 0.0869. The molecule has 1 amide bonds. The van der Waals surface area contributed by atoms with Gasteiger partial charge < -0.3 is 21.1 Å². The Morgan fingerprint density at radius 3 is 2.16 bits per heavy atom. The van der Waals surface area contributed by atoms with Gasteiger partial charge in [0, 0.05) is 11.5 Å². The van der Waals surface area contributed by atoms with Crippen LogP contribution in [0.5, 0.6) is 5.75 Å². The lowest BCUT2D eigenvalue weighted by Gasteiger charge is -2.56. The highest BCUT2D eigenvalue weighted by Gasteiger charge is 2.72. The number of likely N-dealkylation sites (N-methyl/N-ethyl adjacent to an activating group) is 1. The van der Waals surface area contributed by atoms with Gasteiger partial charge in [-0.3, -0.25) is 28.9 Å². The quantitative estimate of drug-likeness (QED) is 0.294. The summed E-state index contributed by atoms with van der Waals surface area (Å²) in [6, 6.07) is 5.71. The zero-order valence-electron chi connectivity index (χ0n) is 23.7. The van der Waals surface area contributed by atoms with Crippen LogP contribution in [0.1, 0.15) is 45.5 Å². The van der Waals surface area contributed by atoms with Crippen molar-refractivity contribution in [2.75, 3.05) is 14.1 Å². The first kappa shape index (κ1) is 31.2. The van der Waals surface area contributed by atoms with E-state index in [0.717, 1.165) is 12.1 Å². The summed E-state index contributed by atoms with van der Waals surface area (Å²) in [5.74, 6) is -14.4. The van der Waals surface area contributed by atoms with Gasteiger partial charge in [0.2, 0.25) is 5.91 Å². The Morgan fingerprint density at radius 1 is 1.00 bits per heavy atom. The molecule has 0 radical (unpaired) electrons. The smallest absolute Gasteiger partial charge is 0.416 e. The van der Waals surface area contributed by atoms with E-state index in [0.29, 0.717) is 5.56 Å². The van der Waals surface area contributed by atoms with E-state index in [9.17, 15) is 52.5 Å².